The third-order valence-corrected chi connectivity index (χ3v) is 4.88. The van der Waals surface area contributed by atoms with Crippen LogP contribution >= 0.6 is 27.3 Å². The molecule has 3 N–H and O–H groups in total. The number of nitrogens with zero attached hydrogens (tertiary/aromatic N) is 1. The highest BCUT2D eigenvalue weighted by Crippen LogP contribution is 2.22. The van der Waals surface area contributed by atoms with Gasteiger partial charge in [0.2, 0.25) is 0 Å². The van der Waals surface area contributed by atoms with Crippen molar-refractivity contribution in [2.24, 2.45) is 0 Å². The van der Waals surface area contributed by atoms with Crippen molar-refractivity contribution in [3.63, 3.8) is 0 Å². The number of benzene rings is 1. The summed E-state index contributed by atoms with van der Waals surface area (Å²) in [5.41, 5.74) is 0.484. The molecule has 0 amide bonds. The second kappa shape index (κ2) is 7.80. The molecule has 0 radical (unpaired) electrons. The minimum Gasteiger partial charge on any atom is -0.395 e. The average Bonchev–Trinajstić information content (AvgIpc) is 2.93. The summed E-state index contributed by atoms with van der Waals surface area (Å²) >= 11 is 4.94. The lowest BCUT2D eigenvalue weighted by molar-refractivity contribution is -0.384. The topological polar surface area (TPSA) is 95.6 Å². The van der Waals surface area contributed by atoms with Gasteiger partial charge in [-0.15, -0.1) is 11.3 Å². The molecule has 8 heteroatoms. The highest BCUT2D eigenvalue weighted by atomic mass is 79.9. The minimum absolute atomic E-state index is 0.0344. The maximum atomic E-state index is 10.6. The van der Waals surface area contributed by atoms with E-state index in [2.05, 4.69) is 21.2 Å². The summed E-state index contributed by atoms with van der Waals surface area (Å²) in [7, 11) is 0. The Kier molecular flexibility index (Phi) is 6.04. The molecule has 0 aliphatic carbocycles. The molecule has 0 fully saturated rings. The number of nitro benzene ring substituents is 1. The van der Waals surface area contributed by atoms with E-state index < -0.39 is 17.1 Å². The number of hydrogen-bond acceptors (Lipinski definition) is 6. The lowest BCUT2D eigenvalue weighted by Crippen LogP contribution is -2.37. The molecule has 2 rings (SSSR count). The van der Waals surface area contributed by atoms with Crippen LogP contribution in [0.1, 0.15) is 16.5 Å². The molecule has 0 saturated heterocycles. The highest BCUT2D eigenvalue weighted by Gasteiger charge is 2.20. The van der Waals surface area contributed by atoms with Crippen molar-refractivity contribution >= 4 is 33.0 Å². The minimum atomic E-state index is -0.950. The van der Waals surface area contributed by atoms with Crippen LogP contribution in [0, 0.1) is 10.1 Å². The van der Waals surface area contributed by atoms with Crippen LogP contribution in [0.3, 0.4) is 0 Å². The highest BCUT2D eigenvalue weighted by molar-refractivity contribution is 9.10. The molecule has 0 aliphatic rings. The molecule has 0 aliphatic heterocycles. The number of aliphatic hydroxyl groups is 2. The fourth-order valence-electron chi connectivity index (χ4n) is 1.98. The van der Waals surface area contributed by atoms with Crippen molar-refractivity contribution in [1.82, 2.24) is 5.32 Å². The van der Waals surface area contributed by atoms with E-state index in [0.29, 0.717) is 12.1 Å². The summed E-state index contributed by atoms with van der Waals surface area (Å²) in [6, 6.07) is 7.07. The SMILES string of the molecule is O=[N+]([O-])c1ccc([C@H](O)[C@H](CO)NCc2cc(Br)cs2)cc1. The van der Waals surface area contributed by atoms with Gasteiger partial charge in [0, 0.05) is 33.4 Å². The molecule has 0 bridgehead atoms. The maximum Gasteiger partial charge on any atom is 0.269 e. The number of nitrogens with one attached hydrogen (secondary N) is 1. The Morgan fingerprint density at radius 3 is 2.55 bits per heavy atom. The summed E-state index contributed by atoms with van der Waals surface area (Å²) in [6.07, 6.45) is -0.950. The molecule has 118 valence electrons. The van der Waals surface area contributed by atoms with Crippen LogP contribution in [-0.2, 0) is 6.54 Å². The Labute approximate surface area is 139 Å². The van der Waals surface area contributed by atoms with Gasteiger partial charge in [0.05, 0.1) is 23.7 Å². The van der Waals surface area contributed by atoms with Gasteiger partial charge in [-0.05, 0) is 39.7 Å². The predicted octanol–water partition coefficient (Wildman–Crippen LogP) is 2.60. The number of thiophene rings is 1. The lowest BCUT2D eigenvalue weighted by Gasteiger charge is -2.22. The third-order valence-electron chi connectivity index (χ3n) is 3.18. The first kappa shape index (κ1) is 17.0. The second-order valence-corrected chi connectivity index (χ2v) is 6.61. The van der Waals surface area contributed by atoms with Crippen LogP contribution in [0.25, 0.3) is 0 Å². The van der Waals surface area contributed by atoms with Crippen molar-refractivity contribution in [3.05, 3.63) is 60.7 Å². The van der Waals surface area contributed by atoms with E-state index in [9.17, 15) is 20.3 Å². The van der Waals surface area contributed by atoms with Gasteiger partial charge in [-0.1, -0.05) is 0 Å². The standard InChI is InChI=1S/C14H15BrN2O4S/c15-10-5-12(22-8-10)6-16-13(7-18)14(19)9-1-3-11(4-2-9)17(20)21/h1-5,8,13-14,16,18-19H,6-7H2/t13-,14-/m0/s1. The summed E-state index contributed by atoms with van der Waals surface area (Å²) in [6.45, 7) is 0.274. The molecule has 1 heterocycles. The van der Waals surface area contributed by atoms with E-state index in [1.54, 1.807) is 11.3 Å². The van der Waals surface area contributed by atoms with Gasteiger partial charge in [0.1, 0.15) is 0 Å². The van der Waals surface area contributed by atoms with E-state index in [1.165, 1.54) is 24.3 Å². The van der Waals surface area contributed by atoms with Crippen LogP contribution in [-0.4, -0.2) is 27.8 Å². The lowest BCUT2D eigenvalue weighted by atomic mass is 10.0. The fourth-order valence-corrected chi connectivity index (χ4v) is 3.38. The Hall–Kier alpha value is -1.32. The zero-order chi connectivity index (χ0) is 16.1. The van der Waals surface area contributed by atoms with Crippen molar-refractivity contribution < 1.29 is 15.1 Å². The monoisotopic (exact) mass is 386 g/mol. The molecule has 1 aromatic heterocycles. The molecule has 1 aromatic carbocycles. The van der Waals surface area contributed by atoms with Gasteiger partial charge in [-0.3, -0.25) is 10.1 Å². The Balaban J connectivity index is 2.01. The van der Waals surface area contributed by atoms with Crippen LogP contribution in [0.2, 0.25) is 0 Å². The molecular weight excluding hydrogens is 372 g/mol. The van der Waals surface area contributed by atoms with Crippen molar-refractivity contribution in [1.29, 1.82) is 0 Å². The zero-order valence-corrected chi connectivity index (χ0v) is 13.9. The molecule has 0 spiro atoms. The molecule has 22 heavy (non-hydrogen) atoms. The number of non-ortho nitro benzene ring substituents is 1. The van der Waals surface area contributed by atoms with Gasteiger partial charge < -0.3 is 15.5 Å². The van der Waals surface area contributed by atoms with E-state index in [1.807, 2.05) is 11.4 Å². The van der Waals surface area contributed by atoms with E-state index in [-0.39, 0.29) is 12.3 Å². The van der Waals surface area contributed by atoms with Gasteiger partial charge in [-0.2, -0.15) is 0 Å². The zero-order valence-electron chi connectivity index (χ0n) is 11.5. The normalized spacial score (nSPS) is 13.8. The third kappa shape index (κ3) is 4.34. The number of hydrogen-bond donors (Lipinski definition) is 3. The number of halogens is 1. The smallest absolute Gasteiger partial charge is 0.269 e. The van der Waals surface area contributed by atoms with Crippen LogP contribution < -0.4 is 5.32 Å². The number of rotatable bonds is 7. The van der Waals surface area contributed by atoms with Crippen molar-refractivity contribution in [3.8, 4) is 0 Å². The quantitative estimate of drug-likeness (QED) is 0.502. The number of nitro groups is 1. The van der Waals surface area contributed by atoms with Crippen LogP contribution in [0.5, 0.6) is 0 Å². The molecule has 0 saturated carbocycles. The number of aliphatic hydroxyl groups excluding tert-OH is 2. The first-order valence-electron chi connectivity index (χ1n) is 6.51. The second-order valence-electron chi connectivity index (χ2n) is 4.69. The van der Waals surface area contributed by atoms with E-state index in [4.69, 9.17) is 0 Å². The maximum absolute atomic E-state index is 10.6. The van der Waals surface area contributed by atoms with E-state index in [0.717, 1.165) is 9.35 Å². The van der Waals surface area contributed by atoms with Crippen molar-refractivity contribution in [2.45, 2.75) is 18.7 Å². The summed E-state index contributed by atoms with van der Waals surface area (Å²) < 4.78 is 0.991. The first-order valence-corrected chi connectivity index (χ1v) is 8.18. The summed E-state index contributed by atoms with van der Waals surface area (Å²) in [4.78, 5) is 11.2. The summed E-state index contributed by atoms with van der Waals surface area (Å²) in [5.74, 6) is 0. The Bertz CT molecular complexity index is 632. The van der Waals surface area contributed by atoms with Crippen LogP contribution in [0.15, 0.2) is 40.2 Å². The van der Waals surface area contributed by atoms with Gasteiger partial charge in [-0.25, -0.2) is 0 Å². The molecule has 2 aromatic rings. The van der Waals surface area contributed by atoms with Gasteiger partial charge >= 0.3 is 0 Å². The Morgan fingerprint density at radius 2 is 2.05 bits per heavy atom. The molecular formula is C14H15BrN2O4S. The average molecular weight is 387 g/mol. The Morgan fingerprint density at radius 1 is 1.36 bits per heavy atom. The van der Waals surface area contributed by atoms with E-state index >= 15 is 0 Å². The molecule has 0 unspecified atom stereocenters. The predicted molar refractivity (Wildman–Crippen MR) is 87.8 cm³/mol. The van der Waals surface area contributed by atoms with Gasteiger partial charge in [0.25, 0.3) is 5.69 Å². The molecule has 6 nitrogen and oxygen atoms in total. The molecule has 2 atom stereocenters. The largest absolute Gasteiger partial charge is 0.395 e. The summed E-state index contributed by atoms with van der Waals surface area (Å²) in [5, 5.41) is 35.4. The fraction of sp³-hybridized carbons (Fsp3) is 0.286. The van der Waals surface area contributed by atoms with Gasteiger partial charge in [0.15, 0.2) is 0 Å². The van der Waals surface area contributed by atoms with Crippen LogP contribution in [0.4, 0.5) is 5.69 Å². The van der Waals surface area contributed by atoms with Crippen molar-refractivity contribution in [2.75, 3.05) is 6.61 Å². The first-order chi connectivity index (χ1) is 10.5.